The lowest BCUT2D eigenvalue weighted by Gasteiger charge is -2.25. The van der Waals surface area contributed by atoms with Crippen LogP contribution in [-0.4, -0.2) is 54.5 Å². The van der Waals surface area contributed by atoms with Gasteiger partial charge in [0.2, 0.25) is 5.91 Å². The summed E-state index contributed by atoms with van der Waals surface area (Å²) in [7, 11) is 0. The molecule has 8 heteroatoms. The van der Waals surface area contributed by atoms with Gasteiger partial charge in [0.25, 0.3) is 5.91 Å². The van der Waals surface area contributed by atoms with Gasteiger partial charge in [-0.15, -0.1) is 0 Å². The van der Waals surface area contributed by atoms with E-state index in [2.05, 4.69) is 10.6 Å². The molecule has 0 aromatic heterocycles. The van der Waals surface area contributed by atoms with Crippen LogP contribution in [0.3, 0.4) is 0 Å². The van der Waals surface area contributed by atoms with E-state index in [1.807, 2.05) is 0 Å². The maximum absolute atomic E-state index is 12.4. The number of nitrogens with one attached hydrogen (secondary N) is 2. The van der Waals surface area contributed by atoms with Crippen LogP contribution >= 0.6 is 0 Å². The van der Waals surface area contributed by atoms with E-state index in [4.69, 9.17) is 4.74 Å². The maximum atomic E-state index is 12.4. The molecular formula is C17H27N3O5. The second-order valence-corrected chi connectivity index (χ2v) is 6.51. The van der Waals surface area contributed by atoms with Crippen LogP contribution in [0.15, 0.2) is 0 Å². The molecule has 0 aromatic rings. The highest BCUT2D eigenvalue weighted by molar-refractivity contribution is 6.06. The van der Waals surface area contributed by atoms with Crippen LogP contribution in [0.25, 0.3) is 0 Å². The Labute approximate surface area is 147 Å². The third-order valence-corrected chi connectivity index (χ3v) is 4.66. The van der Waals surface area contributed by atoms with E-state index >= 15 is 0 Å². The van der Waals surface area contributed by atoms with Gasteiger partial charge in [0.1, 0.15) is 12.6 Å². The third-order valence-electron chi connectivity index (χ3n) is 4.66. The molecule has 2 rings (SSSR count). The highest BCUT2D eigenvalue weighted by atomic mass is 16.5. The monoisotopic (exact) mass is 353 g/mol. The number of rotatable bonds is 8. The molecule has 0 spiro atoms. The third kappa shape index (κ3) is 5.44. The van der Waals surface area contributed by atoms with Crippen molar-refractivity contribution in [2.24, 2.45) is 5.92 Å². The average molecular weight is 353 g/mol. The Kier molecular flexibility index (Phi) is 7.21. The van der Waals surface area contributed by atoms with Crippen LogP contribution in [0.2, 0.25) is 0 Å². The Balaban J connectivity index is 1.73. The van der Waals surface area contributed by atoms with Gasteiger partial charge in [0.15, 0.2) is 0 Å². The maximum Gasteiger partial charge on any atom is 0.325 e. The van der Waals surface area contributed by atoms with Crippen molar-refractivity contribution in [2.75, 3.05) is 19.7 Å². The van der Waals surface area contributed by atoms with Crippen LogP contribution in [0.4, 0.5) is 4.79 Å². The molecule has 140 valence electrons. The van der Waals surface area contributed by atoms with Gasteiger partial charge in [-0.1, -0.05) is 19.3 Å². The molecule has 0 bridgehead atoms. The van der Waals surface area contributed by atoms with Gasteiger partial charge in [0.05, 0.1) is 6.61 Å². The molecule has 1 saturated carbocycles. The second kappa shape index (κ2) is 9.39. The summed E-state index contributed by atoms with van der Waals surface area (Å²) in [5.41, 5.74) is 0. The smallest absolute Gasteiger partial charge is 0.325 e. The minimum Gasteiger partial charge on any atom is -0.466 e. The predicted octanol–water partition coefficient (Wildman–Crippen LogP) is 0.947. The fourth-order valence-corrected chi connectivity index (χ4v) is 3.37. The topological polar surface area (TPSA) is 105 Å². The number of carbonyl (C=O) groups is 4. The highest BCUT2D eigenvalue weighted by Gasteiger charge is 2.43. The van der Waals surface area contributed by atoms with Gasteiger partial charge in [-0.05, 0) is 32.1 Å². The van der Waals surface area contributed by atoms with Crippen molar-refractivity contribution in [1.82, 2.24) is 15.5 Å². The van der Waals surface area contributed by atoms with Crippen LogP contribution in [0.1, 0.15) is 51.9 Å². The molecular weight excluding hydrogens is 326 g/mol. The molecule has 2 aliphatic rings. The zero-order chi connectivity index (χ0) is 18.2. The standard InChI is InChI=1S/C17H27N3O5/c1-2-25-14(22)9-6-10-18-13(21)11-20-16(23)15(19-17(20)24)12-7-4-3-5-8-12/h12,15H,2-11H2,1H3,(H,18,21)(H,19,24). The Bertz CT molecular complexity index is 516. The lowest BCUT2D eigenvalue weighted by atomic mass is 9.84. The van der Waals surface area contributed by atoms with Crippen LogP contribution in [0.5, 0.6) is 0 Å². The van der Waals surface area contributed by atoms with Crippen molar-refractivity contribution >= 4 is 23.8 Å². The number of hydrogen-bond acceptors (Lipinski definition) is 5. The summed E-state index contributed by atoms with van der Waals surface area (Å²) in [6.07, 6.45) is 5.87. The molecule has 25 heavy (non-hydrogen) atoms. The van der Waals surface area contributed by atoms with Crippen molar-refractivity contribution in [3.8, 4) is 0 Å². The summed E-state index contributed by atoms with van der Waals surface area (Å²) >= 11 is 0. The van der Waals surface area contributed by atoms with Crippen LogP contribution < -0.4 is 10.6 Å². The molecule has 1 atom stereocenters. The molecule has 1 unspecified atom stereocenters. The molecule has 0 radical (unpaired) electrons. The van der Waals surface area contributed by atoms with Crippen LogP contribution in [-0.2, 0) is 19.1 Å². The summed E-state index contributed by atoms with van der Waals surface area (Å²) in [4.78, 5) is 48.6. The van der Waals surface area contributed by atoms with Crippen molar-refractivity contribution in [3.63, 3.8) is 0 Å². The lowest BCUT2D eigenvalue weighted by Crippen LogP contribution is -2.42. The second-order valence-electron chi connectivity index (χ2n) is 6.51. The first-order valence-electron chi connectivity index (χ1n) is 9.07. The number of nitrogens with zero attached hydrogens (tertiary/aromatic N) is 1. The Morgan fingerprint density at radius 3 is 2.64 bits per heavy atom. The van der Waals surface area contributed by atoms with Gasteiger partial charge in [-0.25, -0.2) is 4.79 Å². The summed E-state index contributed by atoms with van der Waals surface area (Å²) < 4.78 is 4.80. The van der Waals surface area contributed by atoms with Gasteiger partial charge in [-0.3, -0.25) is 19.3 Å². The highest BCUT2D eigenvalue weighted by Crippen LogP contribution is 2.29. The Morgan fingerprint density at radius 2 is 1.96 bits per heavy atom. The normalized spacial score (nSPS) is 21.2. The number of imide groups is 1. The van der Waals surface area contributed by atoms with Crippen LogP contribution in [0, 0.1) is 5.92 Å². The molecule has 4 amide bonds. The van der Waals surface area contributed by atoms with E-state index in [9.17, 15) is 19.2 Å². The fraction of sp³-hybridized carbons (Fsp3) is 0.765. The minimum atomic E-state index is -0.498. The minimum absolute atomic E-state index is 0.169. The fourth-order valence-electron chi connectivity index (χ4n) is 3.37. The van der Waals surface area contributed by atoms with Crippen molar-refractivity contribution in [1.29, 1.82) is 0 Å². The van der Waals surface area contributed by atoms with E-state index in [0.29, 0.717) is 19.6 Å². The van der Waals surface area contributed by atoms with Crippen molar-refractivity contribution in [3.05, 3.63) is 0 Å². The summed E-state index contributed by atoms with van der Waals surface area (Å²) in [6, 6.07) is -0.994. The zero-order valence-corrected chi connectivity index (χ0v) is 14.7. The van der Waals surface area contributed by atoms with E-state index in [0.717, 1.165) is 30.6 Å². The Hall–Kier alpha value is -2.12. The molecule has 2 fully saturated rings. The number of ether oxygens (including phenoxy) is 1. The van der Waals surface area contributed by atoms with Crippen molar-refractivity contribution in [2.45, 2.75) is 57.9 Å². The van der Waals surface area contributed by atoms with E-state index < -0.39 is 18.0 Å². The molecule has 1 aliphatic heterocycles. The van der Waals surface area contributed by atoms with Gasteiger partial charge in [0, 0.05) is 13.0 Å². The first-order chi connectivity index (χ1) is 12.0. The number of urea groups is 1. The average Bonchev–Trinajstić information content (AvgIpc) is 2.88. The molecule has 2 N–H and O–H groups in total. The molecule has 1 aliphatic carbocycles. The number of carbonyl (C=O) groups excluding carboxylic acids is 4. The van der Waals surface area contributed by atoms with Gasteiger partial charge >= 0.3 is 12.0 Å². The predicted molar refractivity (Wildman–Crippen MR) is 89.5 cm³/mol. The molecule has 1 saturated heterocycles. The first-order valence-corrected chi connectivity index (χ1v) is 9.07. The number of amides is 4. The van der Waals surface area contributed by atoms with Crippen molar-refractivity contribution < 1.29 is 23.9 Å². The molecule has 8 nitrogen and oxygen atoms in total. The van der Waals surface area contributed by atoms with Gasteiger partial charge in [-0.2, -0.15) is 0 Å². The SMILES string of the molecule is CCOC(=O)CCCNC(=O)CN1C(=O)NC(C2CCCCC2)C1=O. The van der Waals surface area contributed by atoms with E-state index in [1.54, 1.807) is 6.92 Å². The number of hydrogen-bond donors (Lipinski definition) is 2. The van der Waals surface area contributed by atoms with E-state index in [-0.39, 0.29) is 30.8 Å². The first kappa shape index (κ1) is 19.2. The largest absolute Gasteiger partial charge is 0.466 e. The number of esters is 1. The summed E-state index contributed by atoms with van der Waals surface area (Å²) in [6.45, 7) is 2.08. The lowest BCUT2D eigenvalue weighted by molar-refractivity contribution is -0.143. The summed E-state index contributed by atoms with van der Waals surface area (Å²) in [5.74, 6) is -0.848. The Morgan fingerprint density at radius 1 is 1.24 bits per heavy atom. The molecule has 1 heterocycles. The zero-order valence-electron chi connectivity index (χ0n) is 14.7. The van der Waals surface area contributed by atoms with Gasteiger partial charge < -0.3 is 15.4 Å². The van der Waals surface area contributed by atoms with E-state index in [1.165, 1.54) is 6.42 Å². The molecule has 0 aromatic carbocycles. The summed E-state index contributed by atoms with van der Waals surface area (Å²) in [5, 5.41) is 5.34. The quantitative estimate of drug-likeness (QED) is 0.384.